The number of carbonyl (C=O) groups is 1. The van der Waals surface area contributed by atoms with E-state index in [2.05, 4.69) is 4.90 Å². The molecule has 1 aromatic heterocycles. The molecule has 0 atom stereocenters. The van der Waals surface area contributed by atoms with Gasteiger partial charge in [-0.15, -0.1) is 0 Å². The molecule has 0 unspecified atom stereocenters. The number of morpholine rings is 1. The molecular formula is C15H16N2O2S. The summed E-state index contributed by atoms with van der Waals surface area (Å²) in [5.41, 5.74) is 1.86. The van der Waals surface area contributed by atoms with E-state index in [0.717, 1.165) is 34.5 Å². The third kappa shape index (κ3) is 2.23. The van der Waals surface area contributed by atoms with Crippen LogP contribution in [0.2, 0.25) is 0 Å². The number of hydrogen-bond donors (Lipinski definition) is 0. The number of aromatic nitrogens is 1. The van der Waals surface area contributed by atoms with Gasteiger partial charge in [-0.05, 0) is 6.07 Å². The van der Waals surface area contributed by atoms with Crippen LogP contribution in [0.4, 0.5) is 0 Å². The molecule has 104 valence electrons. The Labute approximate surface area is 122 Å². The molecule has 1 saturated heterocycles. The lowest BCUT2D eigenvalue weighted by molar-refractivity contribution is 0.0693. The second-order valence-electron chi connectivity index (χ2n) is 4.85. The lowest BCUT2D eigenvalue weighted by atomic mass is 10.1. The second kappa shape index (κ2) is 5.34. The summed E-state index contributed by atoms with van der Waals surface area (Å²) in [5, 5.41) is 1.03. The Kier molecular flexibility index (Phi) is 3.54. The first kappa shape index (κ1) is 13.3. The van der Waals surface area contributed by atoms with Crippen LogP contribution >= 0.6 is 12.2 Å². The fourth-order valence-corrected chi connectivity index (χ4v) is 2.89. The average Bonchev–Trinajstić information content (AvgIpc) is 2.87. The lowest BCUT2D eigenvalue weighted by Gasteiger charge is -2.28. The number of para-hydroxylation sites is 1. The molecule has 1 fully saturated rings. The van der Waals surface area contributed by atoms with Gasteiger partial charge in [-0.1, -0.05) is 30.4 Å². The van der Waals surface area contributed by atoms with E-state index in [4.69, 9.17) is 17.0 Å². The zero-order valence-corrected chi connectivity index (χ0v) is 12.2. The molecule has 1 aliphatic rings. The minimum Gasteiger partial charge on any atom is -0.378 e. The van der Waals surface area contributed by atoms with Gasteiger partial charge in [0.25, 0.3) is 0 Å². The van der Waals surface area contributed by atoms with Crippen molar-refractivity contribution in [3.63, 3.8) is 0 Å². The van der Waals surface area contributed by atoms with E-state index in [1.807, 2.05) is 30.5 Å². The Bertz CT molecular complexity index is 672. The van der Waals surface area contributed by atoms with E-state index in [-0.39, 0.29) is 5.91 Å². The SMILES string of the molecule is CC(=O)n1cc(C(=S)N2CCOCC2)c2ccccc21. The molecule has 20 heavy (non-hydrogen) atoms. The van der Waals surface area contributed by atoms with Gasteiger partial charge in [0.05, 0.1) is 18.7 Å². The molecule has 1 aromatic carbocycles. The van der Waals surface area contributed by atoms with Crippen LogP contribution in [0.5, 0.6) is 0 Å². The molecule has 0 spiro atoms. The number of nitrogens with zero attached hydrogens (tertiary/aromatic N) is 2. The quantitative estimate of drug-likeness (QED) is 0.754. The Morgan fingerprint density at radius 3 is 2.65 bits per heavy atom. The number of hydrogen-bond acceptors (Lipinski definition) is 3. The number of fused-ring (bicyclic) bond motifs is 1. The molecule has 0 aliphatic carbocycles. The Balaban J connectivity index is 2.06. The molecule has 0 bridgehead atoms. The molecular weight excluding hydrogens is 272 g/mol. The van der Waals surface area contributed by atoms with Gasteiger partial charge in [0.15, 0.2) is 0 Å². The predicted molar refractivity (Wildman–Crippen MR) is 82.3 cm³/mol. The van der Waals surface area contributed by atoms with Crippen LogP contribution in [0.15, 0.2) is 30.5 Å². The maximum atomic E-state index is 11.8. The molecule has 2 heterocycles. The first-order valence-electron chi connectivity index (χ1n) is 6.66. The minimum absolute atomic E-state index is 0.00257. The van der Waals surface area contributed by atoms with Crippen molar-refractivity contribution in [1.29, 1.82) is 0 Å². The van der Waals surface area contributed by atoms with Crippen molar-refractivity contribution in [3.8, 4) is 0 Å². The summed E-state index contributed by atoms with van der Waals surface area (Å²) in [6.07, 6.45) is 1.85. The van der Waals surface area contributed by atoms with Crippen LogP contribution in [-0.4, -0.2) is 46.7 Å². The highest BCUT2D eigenvalue weighted by Gasteiger charge is 2.20. The summed E-state index contributed by atoms with van der Waals surface area (Å²) in [7, 11) is 0. The average molecular weight is 288 g/mol. The van der Waals surface area contributed by atoms with E-state index in [1.165, 1.54) is 0 Å². The molecule has 3 rings (SSSR count). The van der Waals surface area contributed by atoms with Gasteiger partial charge in [-0.2, -0.15) is 0 Å². The van der Waals surface area contributed by atoms with Crippen molar-refractivity contribution >= 4 is 34.0 Å². The summed E-state index contributed by atoms with van der Waals surface area (Å²) in [6, 6.07) is 7.86. The largest absolute Gasteiger partial charge is 0.378 e. The Morgan fingerprint density at radius 1 is 1.25 bits per heavy atom. The molecule has 0 amide bonds. The van der Waals surface area contributed by atoms with Crippen molar-refractivity contribution < 1.29 is 9.53 Å². The van der Waals surface area contributed by atoms with Crippen LogP contribution in [-0.2, 0) is 4.74 Å². The standard InChI is InChI=1S/C15H16N2O2S/c1-11(18)17-10-13(12-4-2-3-5-14(12)17)15(20)16-6-8-19-9-7-16/h2-5,10H,6-9H2,1H3. The van der Waals surface area contributed by atoms with E-state index in [1.54, 1.807) is 11.5 Å². The number of benzene rings is 1. The zero-order valence-electron chi connectivity index (χ0n) is 11.3. The summed E-state index contributed by atoms with van der Waals surface area (Å²) < 4.78 is 7.02. The maximum absolute atomic E-state index is 11.8. The second-order valence-corrected chi connectivity index (χ2v) is 5.24. The molecule has 4 nitrogen and oxygen atoms in total. The van der Waals surface area contributed by atoms with Crippen molar-refractivity contribution in [1.82, 2.24) is 9.47 Å². The molecule has 1 aliphatic heterocycles. The lowest BCUT2D eigenvalue weighted by Crippen LogP contribution is -2.40. The molecule has 0 radical (unpaired) electrons. The minimum atomic E-state index is -0.00257. The fraction of sp³-hybridized carbons (Fsp3) is 0.333. The highest BCUT2D eigenvalue weighted by molar-refractivity contribution is 7.80. The maximum Gasteiger partial charge on any atom is 0.227 e. The van der Waals surface area contributed by atoms with Gasteiger partial charge in [0.2, 0.25) is 5.91 Å². The van der Waals surface area contributed by atoms with Crippen molar-refractivity contribution in [2.45, 2.75) is 6.92 Å². The van der Waals surface area contributed by atoms with E-state index in [9.17, 15) is 4.79 Å². The molecule has 5 heteroatoms. The van der Waals surface area contributed by atoms with Gasteiger partial charge in [-0.25, -0.2) is 0 Å². The predicted octanol–water partition coefficient (Wildman–Crippen LogP) is 2.31. The highest BCUT2D eigenvalue weighted by Crippen LogP contribution is 2.23. The third-order valence-electron chi connectivity index (χ3n) is 3.58. The zero-order chi connectivity index (χ0) is 14.1. The van der Waals surface area contributed by atoms with E-state index < -0.39 is 0 Å². The summed E-state index contributed by atoms with van der Waals surface area (Å²) in [6.45, 7) is 4.57. The van der Waals surface area contributed by atoms with Gasteiger partial charge < -0.3 is 9.64 Å². The van der Waals surface area contributed by atoms with Crippen LogP contribution in [0.1, 0.15) is 17.3 Å². The fourth-order valence-electron chi connectivity index (χ4n) is 2.55. The summed E-state index contributed by atoms with van der Waals surface area (Å²) in [4.78, 5) is 14.7. The summed E-state index contributed by atoms with van der Waals surface area (Å²) in [5.74, 6) is -0.00257. The highest BCUT2D eigenvalue weighted by atomic mass is 32.1. The number of carbonyl (C=O) groups excluding carboxylic acids is 1. The van der Waals surface area contributed by atoms with E-state index >= 15 is 0 Å². The molecule has 0 saturated carbocycles. The molecule has 2 aromatic rings. The number of ether oxygens (including phenoxy) is 1. The smallest absolute Gasteiger partial charge is 0.227 e. The Hall–Kier alpha value is -1.72. The number of thiocarbonyl (C=S) groups is 1. The molecule has 0 N–H and O–H groups in total. The van der Waals surface area contributed by atoms with E-state index in [0.29, 0.717) is 13.2 Å². The van der Waals surface area contributed by atoms with Gasteiger partial charge in [-0.3, -0.25) is 9.36 Å². The van der Waals surface area contributed by atoms with Crippen molar-refractivity contribution in [2.24, 2.45) is 0 Å². The van der Waals surface area contributed by atoms with Gasteiger partial charge in [0.1, 0.15) is 4.99 Å². The first-order valence-corrected chi connectivity index (χ1v) is 7.07. The third-order valence-corrected chi connectivity index (χ3v) is 4.06. The van der Waals surface area contributed by atoms with Crippen molar-refractivity contribution in [2.75, 3.05) is 26.3 Å². The first-order chi connectivity index (χ1) is 9.68. The van der Waals surface area contributed by atoms with Crippen LogP contribution in [0, 0.1) is 0 Å². The number of rotatable bonds is 1. The van der Waals surface area contributed by atoms with Gasteiger partial charge in [0, 0.05) is 37.2 Å². The normalized spacial score (nSPS) is 15.6. The monoisotopic (exact) mass is 288 g/mol. The Morgan fingerprint density at radius 2 is 1.95 bits per heavy atom. The van der Waals surface area contributed by atoms with Gasteiger partial charge >= 0.3 is 0 Å². The van der Waals surface area contributed by atoms with Crippen molar-refractivity contribution in [3.05, 3.63) is 36.0 Å². The van der Waals surface area contributed by atoms with Crippen LogP contribution in [0.25, 0.3) is 10.9 Å². The topological polar surface area (TPSA) is 34.5 Å². The summed E-state index contributed by atoms with van der Waals surface area (Å²) >= 11 is 5.61. The van der Waals surface area contributed by atoms with Crippen LogP contribution in [0.3, 0.4) is 0 Å². The van der Waals surface area contributed by atoms with Crippen LogP contribution < -0.4 is 0 Å².